The Morgan fingerprint density at radius 2 is 2.00 bits per heavy atom. The Morgan fingerprint density at radius 1 is 1.50 bits per heavy atom. The summed E-state index contributed by atoms with van der Waals surface area (Å²) in [7, 11) is 1.48. The fourth-order valence-electron chi connectivity index (χ4n) is 0.270. The lowest BCUT2D eigenvalue weighted by Gasteiger charge is -1.95. The van der Waals surface area contributed by atoms with Crippen molar-refractivity contribution in [3.8, 4) is 0 Å². The maximum Gasteiger partial charge on any atom is 0.259 e. The monoisotopic (exact) mass is 269 g/mol. The zero-order valence-corrected chi connectivity index (χ0v) is 8.32. The molecule has 0 aliphatic carbocycles. The van der Waals surface area contributed by atoms with E-state index in [1.165, 1.54) is 7.05 Å². The van der Waals surface area contributed by atoms with Crippen LogP contribution in [-0.2, 0) is 9.59 Å². The fraction of sp³-hybridized carbons (Fsp3) is 0.200. The molecule has 0 heterocycles. The number of rotatable bonds is 2. The highest BCUT2D eigenvalue weighted by molar-refractivity contribution is 9.14. The molecular weight excluding hydrogens is 266 g/mol. The smallest absolute Gasteiger partial charge is 0.259 e. The molecule has 0 radical (unpaired) electrons. The molecule has 0 aliphatic rings. The number of hydrogen-bond donors (Lipinski definition) is 1. The summed E-state index contributed by atoms with van der Waals surface area (Å²) in [6, 6.07) is 0. The summed E-state index contributed by atoms with van der Waals surface area (Å²) < 4.78 is 0.400. The van der Waals surface area contributed by atoms with Gasteiger partial charge in [0.2, 0.25) is 0 Å². The first kappa shape index (κ1) is 9.84. The minimum Gasteiger partial charge on any atom is -0.355 e. The predicted octanol–water partition coefficient (Wildman–Crippen LogP) is 0.933. The van der Waals surface area contributed by atoms with Crippen LogP contribution in [0, 0.1) is 0 Å². The first-order valence-electron chi connectivity index (χ1n) is 2.36. The zero-order chi connectivity index (χ0) is 8.15. The molecule has 0 aromatic rings. The molecule has 0 saturated heterocycles. The number of hydrogen-bond acceptors (Lipinski definition) is 2. The maximum absolute atomic E-state index is 10.7. The lowest BCUT2D eigenvalue weighted by Crippen LogP contribution is -2.18. The Balaban J connectivity index is 4.45. The summed E-state index contributed by atoms with van der Waals surface area (Å²) in [4.78, 5) is 20.8. The molecule has 5 heteroatoms. The SMILES string of the molecule is CNC(=O)/C(Br)=C(/Br)C=O. The van der Waals surface area contributed by atoms with Gasteiger partial charge in [-0.25, -0.2) is 0 Å². The molecule has 0 aromatic carbocycles. The van der Waals surface area contributed by atoms with Crippen LogP contribution in [0.25, 0.3) is 0 Å². The Labute approximate surface area is 75.1 Å². The largest absolute Gasteiger partial charge is 0.355 e. The highest BCUT2D eigenvalue weighted by Gasteiger charge is 2.06. The van der Waals surface area contributed by atoms with Gasteiger partial charge >= 0.3 is 0 Å². The van der Waals surface area contributed by atoms with Gasteiger partial charge in [-0.05, 0) is 31.9 Å². The molecule has 10 heavy (non-hydrogen) atoms. The van der Waals surface area contributed by atoms with Gasteiger partial charge in [-0.3, -0.25) is 9.59 Å². The van der Waals surface area contributed by atoms with Crippen molar-refractivity contribution in [3.05, 3.63) is 8.96 Å². The van der Waals surface area contributed by atoms with Crippen LogP contribution in [-0.4, -0.2) is 19.2 Å². The third-order valence-electron chi connectivity index (χ3n) is 0.740. The second-order valence-electron chi connectivity index (χ2n) is 1.36. The fourth-order valence-corrected chi connectivity index (χ4v) is 0.742. The van der Waals surface area contributed by atoms with E-state index in [0.29, 0.717) is 6.29 Å². The third-order valence-corrected chi connectivity index (χ3v) is 2.64. The summed E-state index contributed by atoms with van der Waals surface area (Å²) in [6.07, 6.45) is 0.541. The molecule has 56 valence electrons. The molecule has 1 amide bonds. The van der Waals surface area contributed by atoms with Crippen LogP contribution >= 0.6 is 31.9 Å². The molecule has 0 fully saturated rings. The van der Waals surface area contributed by atoms with Crippen molar-refractivity contribution < 1.29 is 9.59 Å². The van der Waals surface area contributed by atoms with Crippen LogP contribution in [0.5, 0.6) is 0 Å². The van der Waals surface area contributed by atoms with E-state index in [2.05, 4.69) is 37.2 Å². The number of halogens is 2. The summed E-state index contributed by atoms with van der Waals surface area (Å²) in [5.74, 6) is -0.334. The highest BCUT2D eigenvalue weighted by atomic mass is 79.9. The Bertz CT molecular complexity index is 188. The maximum atomic E-state index is 10.7. The molecule has 0 aromatic heterocycles. The van der Waals surface area contributed by atoms with Gasteiger partial charge in [0.25, 0.3) is 5.91 Å². The quantitative estimate of drug-likeness (QED) is 0.600. The lowest BCUT2D eigenvalue weighted by molar-refractivity contribution is -0.116. The summed E-state index contributed by atoms with van der Waals surface area (Å²) in [5.41, 5.74) is 0. The minimum atomic E-state index is -0.334. The van der Waals surface area contributed by atoms with Crippen molar-refractivity contribution >= 4 is 44.1 Å². The van der Waals surface area contributed by atoms with Crippen LogP contribution in [0.3, 0.4) is 0 Å². The van der Waals surface area contributed by atoms with Crippen molar-refractivity contribution in [1.82, 2.24) is 5.32 Å². The Morgan fingerprint density at radius 3 is 2.30 bits per heavy atom. The van der Waals surface area contributed by atoms with Crippen molar-refractivity contribution in [2.75, 3.05) is 7.05 Å². The molecule has 0 bridgehead atoms. The predicted molar refractivity (Wildman–Crippen MR) is 45.0 cm³/mol. The number of amides is 1. The normalized spacial score (nSPS) is 11.9. The van der Waals surface area contributed by atoms with Crippen molar-refractivity contribution in [2.45, 2.75) is 0 Å². The van der Waals surface area contributed by atoms with Crippen LogP contribution in [0.2, 0.25) is 0 Å². The van der Waals surface area contributed by atoms with Crippen molar-refractivity contribution in [3.63, 3.8) is 0 Å². The Kier molecular flexibility index (Phi) is 4.55. The van der Waals surface area contributed by atoms with E-state index in [1.807, 2.05) is 0 Å². The van der Waals surface area contributed by atoms with Crippen LogP contribution in [0.1, 0.15) is 0 Å². The van der Waals surface area contributed by atoms with Crippen LogP contribution < -0.4 is 5.32 Å². The molecule has 0 aliphatic heterocycles. The minimum absolute atomic E-state index is 0.199. The standard InChI is InChI=1S/C5H5Br2NO2/c1-8-5(10)4(7)3(6)2-9/h2H,1H3,(H,8,10)/b4-3-. The number of nitrogens with one attached hydrogen (secondary N) is 1. The average molecular weight is 271 g/mol. The van der Waals surface area contributed by atoms with Gasteiger partial charge in [0.05, 0.1) is 8.96 Å². The van der Waals surface area contributed by atoms with E-state index in [1.54, 1.807) is 0 Å². The van der Waals surface area contributed by atoms with E-state index in [4.69, 9.17) is 0 Å². The number of likely N-dealkylation sites (N-methyl/N-ethyl adjacent to an activating group) is 1. The zero-order valence-electron chi connectivity index (χ0n) is 5.15. The third kappa shape index (κ3) is 2.62. The van der Waals surface area contributed by atoms with Crippen LogP contribution in [0.15, 0.2) is 8.96 Å². The van der Waals surface area contributed by atoms with Gasteiger partial charge in [-0.1, -0.05) is 0 Å². The van der Waals surface area contributed by atoms with Gasteiger partial charge in [0.1, 0.15) is 0 Å². The second kappa shape index (κ2) is 4.62. The van der Waals surface area contributed by atoms with Gasteiger partial charge in [0, 0.05) is 7.05 Å². The van der Waals surface area contributed by atoms with Crippen molar-refractivity contribution in [2.24, 2.45) is 0 Å². The molecular formula is C5H5Br2NO2. The summed E-state index contributed by atoms with van der Waals surface area (Å²) in [5, 5.41) is 2.35. The number of carbonyl (C=O) groups is 2. The van der Waals surface area contributed by atoms with E-state index < -0.39 is 0 Å². The summed E-state index contributed by atoms with van der Waals surface area (Å²) in [6.45, 7) is 0. The molecule has 0 saturated carbocycles. The lowest BCUT2D eigenvalue weighted by atomic mass is 10.5. The molecule has 0 rings (SSSR count). The topological polar surface area (TPSA) is 46.2 Å². The van der Waals surface area contributed by atoms with E-state index in [0.717, 1.165) is 0 Å². The summed E-state index contributed by atoms with van der Waals surface area (Å²) >= 11 is 5.81. The molecule has 1 N–H and O–H groups in total. The van der Waals surface area contributed by atoms with Gasteiger partial charge < -0.3 is 5.32 Å². The molecule has 3 nitrogen and oxygen atoms in total. The molecule has 0 atom stereocenters. The first-order valence-corrected chi connectivity index (χ1v) is 3.94. The highest BCUT2D eigenvalue weighted by Crippen LogP contribution is 2.15. The van der Waals surface area contributed by atoms with Gasteiger partial charge in [-0.15, -0.1) is 0 Å². The van der Waals surface area contributed by atoms with Gasteiger partial charge in [-0.2, -0.15) is 0 Å². The average Bonchev–Trinajstić information content (AvgIpc) is 2.00. The first-order chi connectivity index (χ1) is 4.63. The van der Waals surface area contributed by atoms with E-state index >= 15 is 0 Å². The number of carbonyl (C=O) groups excluding carboxylic acids is 2. The second-order valence-corrected chi connectivity index (χ2v) is 3.01. The molecule has 0 spiro atoms. The van der Waals surface area contributed by atoms with Gasteiger partial charge in [0.15, 0.2) is 6.29 Å². The molecule has 0 unspecified atom stereocenters. The van der Waals surface area contributed by atoms with Crippen molar-refractivity contribution in [1.29, 1.82) is 0 Å². The van der Waals surface area contributed by atoms with E-state index in [-0.39, 0.29) is 14.9 Å². The number of aldehydes is 1. The van der Waals surface area contributed by atoms with Crippen LogP contribution in [0.4, 0.5) is 0 Å². The van der Waals surface area contributed by atoms with E-state index in [9.17, 15) is 9.59 Å². The Hall–Kier alpha value is -0.160. The number of allylic oxidation sites excluding steroid dienone is 1.